The molecule has 0 saturated heterocycles. The fraction of sp³-hybridized carbons (Fsp3) is 0.167. The van der Waals surface area contributed by atoms with E-state index in [0.717, 1.165) is 11.1 Å². The van der Waals surface area contributed by atoms with Crippen LogP contribution in [0.3, 0.4) is 0 Å². The van der Waals surface area contributed by atoms with Crippen molar-refractivity contribution < 1.29 is 0 Å². The Kier molecular flexibility index (Phi) is 2.49. The third kappa shape index (κ3) is 1.65. The Morgan fingerprint density at radius 1 is 1.17 bits per heavy atom. The number of hydrogen-bond acceptors (Lipinski definition) is 0. The maximum Gasteiger partial charge on any atom is -0.0158 e. The molecule has 0 aliphatic heterocycles. The van der Waals surface area contributed by atoms with Crippen LogP contribution in [0.4, 0.5) is 0 Å². The van der Waals surface area contributed by atoms with Crippen LogP contribution in [0, 0.1) is 6.92 Å². The van der Waals surface area contributed by atoms with Crippen LogP contribution in [0.25, 0.3) is 5.57 Å². The van der Waals surface area contributed by atoms with Gasteiger partial charge in [0.1, 0.15) is 0 Å². The fourth-order valence-corrected chi connectivity index (χ4v) is 1.14. The molecule has 1 aromatic rings. The zero-order valence-electron chi connectivity index (χ0n) is 7.72. The van der Waals surface area contributed by atoms with Gasteiger partial charge in [0.05, 0.1) is 0 Å². The third-order valence-corrected chi connectivity index (χ3v) is 1.99. The minimum absolute atomic E-state index is 1.03. The van der Waals surface area contributed by atoms with Gasteiger partial charge in [-0.25, -0.2) is 0 Å². The molecule has 0 fully saturated rings. The van der Waals surface area contributed by atoms with E-state index in [1.165, 1.54) is 11.1 Å². The Balaban J connectivity index is 3.11. The largest absolute Gasteiger partial charge is 0.0955 e. The van der Waals surface area contributed by atoms with Gasteiger partial charge in [0.15, 0.2) is 0 Å². The molecular formula is C12H14. The van der Waals surface area contributed by atoms with Gasteiger partial charge in [-0.3, -0.25) is 0 Å². The lowest BCUT2D eigenvalue weighted by atomic mass is 9.98. The number of benzene rings is 1. The molecule has 0 aliphatic carbocycles. The lowest BCUT2D eigenvalue weighted by molar-refractivity contribution is 1.41. The van der Waals surface area contributed by atoms with E-state index in [0.29, 0.717) is 0 Å². The van der Waals surface area contributed by atoms with E-state index in [2.05, 4.69) is 32.2 Å². The number of hydrogen-bond donors (Lipinski definition) is 0. The van der Waals surface area contributed by atoms with Crippen molar-refractivity contribution in [3.05, 3.63) is 54.1 Å². The number of aryl methyl sites for hydroxylation is 1. The summed E-state index contributed by atoms with van der Waals surface area (Å²) in [6.07, 6.45) is 0. The second-order valence-corrected chi connectivity index (χ2v) is 3.07. The van der Waals surface area contributed by atoms with Crippen molar-refractivity contribution >= 4 is 5.57 Å². The molecular weight excluding hydrogens is 144 g/mol. The molecule has 0 unspecified atom stereocenters. The molecule has 0 heteroatoms. The van der Waals surface area contributed by atoms with E-state index in [4.69, 9.17) is 0 Å². The van der Waals surface area contributed by atoms with E-state index in [1.807, 2.05) is 19.1 Å². The van der Waals surface area contributed by atoms with Gasteiger partial charge in [-0.2, -0.15) is 0 Å². The summed E-state index contributed by atoms with van der Waals surface area (Å²) < 4.78 is 0. The Hall–Kier alpha value is -1.30. The predicted octanol–water partition coefficient (Wildman–Crippen LogP) is 3.58. The summed E-state index contributed by atoms with van der Waals surface area (Å²) in [6, 6.07) is 8.22. The van der Waals surface area contributed by atoms with Crippen molar-refractivity contribution in [3.63, 3.8) is 0 Å². The maximum atomic E-state index is 3.99. The SMILES string of the molecule is C=C(C)C(=C)c1ccccc1C. The molecule has 0 nitrogen and oxygen atoms in total. The number of rotatable bonds is 2. The molecule has 0 N–H and O–H groups in total. The molecule has 0 spiro atoms. The van der Waals surface area contributed by atoms with Gasteiger partial charge in [-0.1, -0.05) is 43.0 Å². The first-order chi connectivity index (χ1) is 5.63. The van der Waals surface area contributed by atoms with E-state index in [-0.39, 0.29) is 0 Å². The van der Waals surface area contributed by atoms with Crippen LogP contribution in [0.1, 0.15) is 18.1 Å². The summed E-state index contributed by atoms with van der Waals surface area (Å²) in [5, 5.41) is 0. The highest BCUT2D eigenvalue weighted by molar-refractivity contribution is 5.77. The van der Waals surface area contributed by atoms with Crippen LogP contribution in [0.15, 0.2) is 43.0 Å². The summed E-state index contributed by atoms with van der Waals surface area (Å²) in [5.41, 5.74) is 4.52. The summed E-state index contributed by atoms with van der Waals surface area (Å²) in [7, 11) is 0. The highest BCUT2D eigenvalue weighted by Crippen LogP contribution is 2.21. The standard InChI is InChI=1S/C12H14/c1-9(2)11(4)12-8-6-5-7-10(12)3/h5-8H,1,4H2,2-3H3. The zero-order valence-corrected chi connectivity index (χ0v) is 7.72. The summed E-state index contributed by atoms with van der Waals surface area (Å²) in [5.74, 6) is 0. The molecule has 0 atom stereocenters. The highest BCUT2D eigenvalue weighted by atomic mass is 14.1. The quantitative estimate of drug-likeness (QED) is 0.577. The van der Waals surface area contributed by atoms with Crippen LogP contribution in [-0.4, -0.2) is 0 Å². The Labute approximate surface area is 74.2 Å². The predicted molar refractivity (Wildman–Crippen MR) is 55.0 cm³/mol. The lowest BCUT2D eigenvalue weighted by Crippen LogP contribution is -1.87. The van der Waals surface area contributed by atoms with Gasteiger partial charge in [-0.15, -0.1) is 0 Å². The van der Waals surface area contributed by atoms with E-state index < -0.39 is 0 Å². The maximum absolute atomic E-state index is 3.99. The molecule has 0 heterocycles. The average molecular weight is 158 g/mol. The molecule has 0 bridgehead atoms. The fourth-order valence-electron chi connectivity index (χ4n) is 1.14. The van der Waals surface area contributed by atoms with Crippen LogP contribution >= 0.6 is 0 Å². The summed E-state index contributed by atoms with van der Waals surface area (Å²) >= 11 is 0. The zero-order chi connectivity index (χ0) is 9.14. The van der Waals surface area contributed by atoms with Crippen LogP contribution in [0.2, 0.25) is 0 Å². The van der Waals surface area contributed by atoms with Gasteiger partial charge >= 0.3 is 0 Å². The van der Waals surface area contributed by atoms with Gasteiger partial charge in [0, 0.05) is 0 Å². The molecule has 0 amide bonds. The molecule has 0 saturated carbocycles. The normalized spacial score (nSPS) is 9.50. The summed E-state index contributed by atoms with van der Waals surface area (Å²) in [6.45, 7) is 11.9. The highest BCUT2D eigenvalue weighted by Gasteiger charge is 2.00. The average Bonchev–Trinajstić information content (AvgIpc) is 2.04. The Morgan fingerprint density at radius 2 is 1.75 bits per heavy atom. The molecule has 0 aromatic heterocycles. The van der Waals surface area contributed by atoms with Gasteiger partial charge in [0.25, 0.3) is 0 Å². The minimum Gasteiger partial charge on any atom is -0.0955 e. The topological polar surface area (TPSA) is 0 Å². The van der Waals surface area contributed by atoms with E-state index >= 15 is 0 Å². The van der Waals surface area contributed by atoms with E-state index in [9.17, 15) is 0 Å². The van der Waals surface area contributed by atoms with Crippen molar-refractivity contribution in [3.8, 4) is 0 Å². The first kappa shape index (κ1) is 8.79. The van der Waals surface area contributed by atoms with Crippen molar-refractivity contribution in [2.75, 3.05) is 0 Å². The van der Waals surface area contributed by atoms with Gasteiger partial charge in [-0.05, 0) is 30.5 Å². The Morgan fingerprint density at radius 3 is 2.25 bits per heavy atom. The summed E-state index contributed by atoms with van der Waals surface area (Å²) in [4.78, 5) is 0. The van der Waals surface area contributed by atoms with Crippen molar-refractivity contribution in [2.24, 2.45) is 0 Å². The molecule has 0 radical (unpaired) electrons. The van der Waals surface area contributed by atoms with Gasteiger partial charge in [0.2, 0.25) is 0 Å². The molecule has 0 aliphatic rings. The van der Waals surface area contributed by atoms with Crippen LogP contribution in [0.5, 0.6) is 0 Å². The first-order valence-corrected chi connectivity index (χ1v) is 4.03. The van der Waals surface area contributed by atoms with Crippen LogP contribution in [-0.2, 0) is 0 Å². The van der Waals surface area contributed by atoms with E-state index in [1.54, 1.807) is 0 Å². The molecule has 1 rings (SSSR count). The monoisotopic (exact) mass is 158 g/mol. The Bertz CT molecular complexity index is 319. The third-order valence-electron chi connectivity index (χ3n) is 1.99. The molecule has 12 heavy (non-hydrogen) atoms. The van der Waals surface area contributed by atoms with Crippen molar-refractivity contribution in [2.45, 2.75) is 13.8 Å². The van der Waals surface area contributed by atoms with Crippen molar-refractivity contribution in [1.29, 1.82) is 0 Å². The molecule has 62 valence electrons. The van der Waals surface area contributed by atoms with Gasteiger partial charge < -0.3 is 0 Å². The van der Waals surface area contributed by atoms with Crippen LogP contribution < -0.4 is 0 Å². The lowest BCUT2D eigenvalue weighted by Gasteiger charge is -2.07. The smallest absolute Gasteiger partial charge is 0.0158 e. The molecule has 1 aromatic carbocycles. The first-order valence-electron chi connectivity index (χ1n) is 4.03. The minimum atomic E-state index is 1.03. The van der Waals surface area contributed by atoms with Crippen molar-refractivity contribution in [1.82, 2.24) is 0 Å². The number of allylic oxidation sites excluding steroid dienone is 2. The second-order valence-electron chi connectivity index (χ2n) is 3.07. The second kappa shape index (κ2) is 3.40.